The molecular weight excluding hydrogens is 246 g/mol. The average molecular weight is 259 g/mol. The minimum Gasteiger partial charge on any atom is -0.423 e. The Morgan fingerprint density at radius 3 is 2.78 bits per heavy atom. The van der Waals surface area contributed by atoms with E-state index in [9.17, 15) is 4.79 Å². The number of hydrogen-bond acceptors (Lipinski definition) is 4. The summed E-state index contributed by atoms with van der Waals surface area (Å²) >= 11 is 1.55. The Morgan fingerprint density at radius 1 is 1.33 bits per heavy atom. The van der Waals surface area contributed by atoms with Crippen molar-refractivity contribution in [3.05, 3.63) is 52.0 Å². The zero-order valence-corrected chi connectivity index (χ0v) is 11.0. The van der Waals surface area contributed by atoms with Crippen molar-refractivity contribution >= 4 is 23.4 Å². The third-order valence-corrected chi connectivity index (χ3v) is 3.12. The van der Waals surface area contributed by atoms with E-state index in [1.54, 1.807) is 23.5 Å². The molecule has 1 aromatic heterocycles. The molecule has 0 N–H and O–H groups in total. The average Bonchev–Trinajstić information content (AvgIpc) is 2.76. The number of para-hydroxylation sites is 1. The minimum absolute atomic E-state index is 0.394. The van der Waals surface area contributed by atoms with Gasteiger partial charge in [0.25, 0.3) is 0 Å². The summed E-state index contributed by atoms with van der Waals surface area (Å²) < 4.78 is 5.22. The van der Waals surface area contributed by atoms with Crippen LogP contribution >= 0.6 is 11.3 Å². The Bertz CT molecular complexity index is 587. The number of ether oxygens (including phenoxy) is 1. The Labute approximate surface area is 110 Å². The molecule has 1 aromatic carbocycles. The van der Waals surface area contributed by atoms with E-state index in [1.807, 2.05) is 37.4 Å². The normalized spacial score (nSPS) is 10.8. The molecule has 1 heterocycles. The zero-order valence-electron chi connectivity index (χ0n) is 10.2. The molecule has 92 valence electrons. The van der Waals surface area contributed by atoms with E-state index in [0.29, 0.717) is 5.75 Å². The summed E-state index contributed by atoms with van der Waals surface area (Å²) in [6.45, 7) is 3.82. The van der Waals surface area contributed by atoms with Crippen molar-refractivity contribution in [2.75, 3.05) is 0 Å². The number of aromatic nitrogens is 1. The quantitative estimate of drug-likeness (QED) is 0.482. The highest BCUT2D eigenvalue weighted by atomic mass is 32.1. The maximum atomic E-state index is 11.6. The van der Waals surface area contributed by atoms with Gasteiger partial charge in [-0.2, -0.15) is 0 Å². The van der Waals surface area contributed by atoms with Crippen LogP contribution in [0.1, 0.15) is 16.3 Å². The predicted molar refractivity (Wildman–Crippen MR) is 72.7 cm³/mol. The van der Waals surface area contributed by atoms with Gasteiger partial charge in [0.1, 0.15) is 5.75 Å². The second-order valence-electron chi connectivity index (χ2n) is 3.81. The van der Waals surface area contributed by atoms with Crippen LogP contribution in [-0.4, -0.2) is 11.0 Å². The molecule has 0 saturated carbocycles. The summed E-state index contributed by atoms with van der Waals surface area (Å²) in [5, 5.41) is 2.87. The molecule has 18 heavy (non-hydrogen) atoms. The molecule has 0 aliphatic carbocycles. The highest BCUT2D eigenvalue weighted by Gasteiger charge is 2.03. The number of esters is 1. The monoisotopic (exact) mass is 259 g/mol. The fourth-order valence-electron chi connectivity index (χ4n) is 1.42. The molecule has 0 atom stereocenters. The molecule has 0 radical (unpaired) electrons. The highest BCUT2D eigenvalue weighted by Crippen LogP contribution is 2.16. The Kier molecular flexibility index (Phi) is 3.89. The van der Waals surface area contributed by atoms with Crippen molar-refractivity contribution in [3.63, 3.8) is 0 Å². The van der Waals surface area contributed by atoms with Crippen molar-refractivity contribution in [3.8, 4) is 5.75 Å². The number of rotatable bonds is 3. The Morgan fingerprint density at radius 2 is 2.11 bits per heavy atom. The summed E-state index contributed by atoms with van der Waals surface area (Å²) in [5.41, 5.74) is 1.71. The van der Waals surface area contributed by atoms with Gasteiger partial charge in [0.15, 0.2) is 0 Å². The second kappa shape index (κ2) is 5.60. The number of carbonyl (C=O) groups excluding carboxylic acids is 1. The standard InChI is InChI=1S/C14H13NO2S/c1-10-5-3-4-6-13(10)17-14(16)8-7-12-9-18-11(2)15-12/h3-9H,1-2H3. The van der Waals surface area contributed by atoms with Gasteiger partial charge in [0, 0.05) is 11.5 Å². The van der Waals surface area contributed by atoms with Crippen molar-refractivity contribution in [2.45, 2.75) is 13.8 Å². The molecule has 3 nitrogen and oxygen atoms in total. The van der Waals surface area contributed by atoms with Crippen LogP contribution in [0.25, 0.3) is 6.08 Å². The molecule has 0 saturated heterocycles. The lowest BCUT2D eigenvalue weighted by molar-refractivity contribution is -0.128. The number of benzene rings is 1. The number of carbonyl (C=O) groups is 1. The first-order valence-corrected chi connectivity index (χ1v) is 6.41. The van der Waals surface area contributed by atoms with Gasteiger partial charge in [-0.15, -0.1) is 11.3 Å². The lowest BCUT2D eigenvalue weighted by Crippen LogP contribution is -2.04. The molecule has 0 aliphatic heterocycles. The van der Waals surface area contributed by atoms with E-state index < -0.39 is 5.97 Å². The summed E-state index contributed by atoms with van der Waals surface area (Å²) in [7, 11) is 0. The van der Waals surface area contributed by atoms with Crippen LogP contribution in [-0.2, 0) is 4.79 Å². The SMILES string of the molecule is Cc1nc(C=CC(=O)Oc2ccccc2C)cs1. The third-order valence-electron chi connectivity index (χ3n) is 2.33. The van der Waals surface area contributed by atoms with Crippen LogP contribution in [0, 0.1) is 13.8 Å². The molecule has 0 amide bonds. The summed E-state index contributed by atoms with van der Waals surface area (Å²) in [5.74, 6) is 0.191. The van der Waals surface area contributed by atoms with E-state index in [1.165, 1.54) is 6.08 Å². The van der Waals surface area contributed by atoms with Crippen LogP contribution in [0.4, 0.5) is 0 Å². The molecular formula is C14H13NO2S. The zero-order chi connectivity index (χ0) is 13.0. The highest BCUT2D eigenvalue weighted by molar-refractivity contribution is 7.09. The molecule has 0 aliphatic rings. The lowest BCUT2D eigenvalue weighted by Gasteiger charge is -2.03. The van der Waals surface area contributed by atoms with Gasteiger partial charge in [0.05, 0.1) is 10.7 Å². The first-order valence-electron chi connectivity index (χ1n) is 5.53. The maximum Gasteiger partial charge on any atom is 0.336 e. The Hall–Kier alpha value is -1.94. The third kappa shape index (κ3) is 3.28. The topological polar surface area (TPSA) is 39.2 Å². The molecule has 0 unspecified atom stereocenters. The van der Waals surface area contributed by atoms with Gasteiger partial charge in [-0.05, 0) is 31.6 Å². The van der Waals surface area contributed by atoms with Crippen molar-refractivity contribution in [1.82, 2.24) is 4.98 Å². The number of hydrogen-bond donors (Lipinski definition) is 0. The number of aryl methyl sites for hydroxylation is 2. The molecule has 2 aromatic rings. The Balaban J connectivity index is 2.01. The second-order valence-corrected chi connectivity index (χ2v) is 4.87. The summed E-state index contributed by atoms with van der Waals surface area (Å²) in [6.07, 6.45) is 3.05. The smallest absolute Gasteiger partial charge is 0.336 e. The summed E-state index contributed by atoms with van der Waals surface area (Å²) in [4.78, 5) is 15.8. The molecule has 2 rings (SSSR count). The fourth-order valence-corrected chi connectivity index (χ4v) is 2.00. The van der Waals surface area contributed by atoms with E-state index >= 15 is 0 Å². The summed E-state index contributed by atoms with van der Waals surface area (Å²) in [6, 6.07) is 7.41. The van der Waals surface area contributed by atoms with Crippen LogP contribution in [0.3, 0.4) is 0 Å². The van der Waals surface area contributed by atoms with Gasteiger partial charge in [-0.1, -0.05) is 18.2 Å². The van der Waals surface area contributed by atoms with Gasteiger partial charge >= 0.3 is 5.97 Å². The van der Waals surface area contributed by atoms with Crippen molar-refractivity contribution in [2.24, 2.45) is 0 Å². The van der Waals surface area contributed by atoms with E-state index in [2.05, 4.69) is 4.98 Å². The molecule has 4 heteroatoms. The van der Waals surface area contributed by atoms with Gasteiger partial charge in [-0.25, -0.2) is 9.78 Å². The fraction of sp³-hybridized carbons (Fsp3) is 0.143. The van der Waals surface area contributed by atoms with Gasteiger partial charge in [0.2, 0.25) is 0 Å². The number of thiazole rings is 1. The van der Waals surface area contributed by atoms with Gasteiger partial charge in [-0.3, -0.25) is 0 Å². The molecule has 0 bridgehead atoms. The molecule has 0 spiro atoms. The number of nitrogens with zero attached hydrogens (tertiary/aromatic N) is 1. The predicted octanol–water partition coefficient (Wildman–Crippen LogP) is 3.38. The van der Waals surface area contributed by atoms with E-state index in [0.717, 1.165) is 16.3 Å². The van der Waals surface area contributed by atoms with Crippen LogP contribution in [0.5, 0.6) is 5.75 Å². The lowest BCUT2D eigenvalue weighted by atomic mass is 10.2. The minimum atomic E-state index is -0.394. The van der Waals surface area contributed by atoms with Crippen molar-refractivity contribution in [1.29, 1.82) is 0 Å². The van der Waals surface area contributed by atoms with Crippen LogP contribution in [0.15, 0.2) is 35.7 Å². The van der Waals surface area contributed by atoms with E-state index in [4.69, 9.17) is 4.74 Å². The maximum absolute atomic E-state index is 11.6. The van der Waals surface area contributed by atoms with E-state index in [-0.39, 0.29) is 0 Å². The van der Waals surface area contributed by atoms with Gasteiger partial charge < -0.3 is 4.74 Å². The van der Waals surface area contributed by atoms with Crippen LogP contribution in [0.2, 0.25) is 0 Å². The van der Waals surface area contributed by atoms with Crippen LogP contribution < -0.4 is 4.74 Å². The largest absolute Gasteiger partial charge is 0.423 e. The molecule has 0 fully saturated rings. The van der Waals surface area contributed by atoms with Crippen molar-refractivity contribution < 1.29 is 9.53 Å². The first-order chi connectivity index (χ1) is 8.65. The first kappa shape index (κ1) is 12.5.